The van der Waals surface area contributed by atoms with Crippen molar-refractivity contribution in [1.29, 1.82) is 0 Å². The molecule has 2 amide bonds. The Morgan fingerprint density at radius 1 is 1.27 bits per heavy atom. The van der Waals surface area contributed by atoms with E-state index in [9.17, 15) is 9.59 Å². The van der Waals surface area contributed by atoms with E-state index in [0.29, 0.717) is 17.3 Å². The molecule has 1 fully saturated rings. The number of fused-ring (bicyclic) bond motifs is 1. The lowest BCUT2D eigenvalue weighted by atomic mass is 10.1. The molecule has 2 aromatic heterocycles. The number of rotatable bonds is 4. The first kappa shape index (κ1) is 16.7. The molecule has 6 nitrogen and oxygen atoms in total. The standard InChI is InChI=1S/C19H18N4O2S/c1-13-3-2-8-22-9-16(21-19(13)22)14-4-6-15(7-5-14)20-17(24)10-23-12-26-11-18(23)25/h2-9H,10-12H2,1H3,(H,20,24). The van der Waals surface area contributed by atoms with Crippen molar-refractivity contribution in [2.75, 3.05) is 23.5 Å². The summed E-state index contributed by atoms with van der Waals surface area (Å²) in [5.74, 6) is 0.874. The normalized spacial score (nSPS) is 14.2. The van der Waals surface area contributed by atoms with Crippen molar-refractivity contribution in [1.82, 2.24) is 14.3 Å². The summed E-state index contributed by atoms with van der Waals surface area (Å²) in [6.07, 6.45) is 3.97. The summed E-state index contributed by atoms with van der Waals surface area (Å²) < 4.78 is 2.01. The van der Waals surface area contributed by atoms with Crippen molar-refractivity contribution in [2.45, 2.75) is 6.92 Å². The Morgan fingerprint density at radius 3 is 2.77 bits per heavy atom. The zero-order valence-corrected chi connectivity index (χ0v) is 15.1. The highest BCUT2D eigenvalue weighted by molar-refractivity contribution is 8.00. The highest BCUT2D eigenvalue weighted by Crippen LogP contribution is 2.22. The highest BCUT2D eigenvalue weighted by atomic mass is 32.2. The molecular weight excluding hydrogens is 348 g/mol. The second kappa shape index (κ2) is 6.84. The smallest absolute Gasteiger partial charge is 0.244 e. The Morgan fingerprint density at radius 2 is 2.08 bits per heavy atom. The molecule has 1 aliphatic heterocycles. The van der Waals surface area contributed by atoms with E-state index in [1.165, 1.54) is 11.8 Å². The number of thioether (sulfide) groups is 1. The van der Waals surface area contributed by atoms with Gasteiger partial charge in [0.2, 0.25) is 11.8 Å². The fraction of sp³-hybridized carbons (Fsp3) is 0.211. The van der Waals surface area contributed by atoms with E-state index >= 15 is 0 Å². The number of hydrogen-bond donors (Lipinski definition) is 1. The van der Waals surface area contributed by atoms with Gasteiger partial charge in [-0.3, -0.25) is 9.59 Å². The lowest BCUT2D eigenvalue weighted by molar-refractivity contribution is -0.130. The van der Waals surface area contributed by atoms with E-state index in [0.717, 1.165) is 22.5 Å². The monoisotopic (exact) mass is 366 g/mol. The molecule has 0 bridgehead atoms. The SMILES string of the molecule is Cc1cccn2cc(-c3ccc(NC(=O)CN4CSCC4=O)cc3)nc12. The molecule has 1 aromatic carbocycles. The second-order valence-electron chi connectivity index (χ2n) is 6.24. The third-order valence-corrected chi connectivity index (χ3v) is 5.25. The number of amides is 2. The number of hydrogen-bond acceptors (Lipinski definition) is 4. The molecular formula is C19H18N4O2S. The Hall–Kier alpha value is -2.80. The molecule has 3 heterocycles. The maximum atomic E-state index is 12.1. The number of aryl methyl sites for hydroxylation is 1. The number of aromatic nitrogens is 2. The van der Waals surface area contributed by atoms with E-state index < -0.39 is 0 Å². The van der Waals surface area contributed by atoms with E-state index in [2.05, 4.69) is 10.3 Å². The predicted octanol–water partition coefficient (Wildman–Crippen LogP) is 2.78. The zero-order valence-electron chi connectivity index (χ0n) is 14.3. The number of carbonyl (C=O) groups is 2. The van der Waals surface area contributed by atoms with Crippen molar-refractivity contribution in [3.63, 3.8) is 0 Å². The maximum Gasteiger partial charge on any atom is 0.244 e. The van der Waals surface area contributed by atoms with Crippen molar-refractivity contribution < 1.29 is 9.59 Å². The molecule has 132 valence electrons. The van der Waals surface area contributed by atoms with Crippen LogP contribution in [0.4, 0.5) is 5.69 Å². The molecule has 0 saturated carbocycles. The molecule has 1 saturated heterocycles. The van der Waals surface area contributed by atoms with Gasteiger partial charge in [-0.25, -0.2) is 4.98 Å². The van der Waals surface area contributed by atoms with Crippen LogP contribution in [0.1, 0.15) is 5.56 Å². The topological polar surface area (TPSA) is 66.7 Å². The van der Waals surface area contributed by atoms with Crippen LogP contribution in [0, 0.1) is 6.92 Å². The number of benzene rings is 1. The van der Waals surface area contributed by atoms with Crippen LogP contribution in [0.15, 0.2) is 48.8 Å². The summed E-state index contributed by atoms with van der Waals surface area (Å²) in [5.41, 5.74) is 4.64. The summed E-state index contributed by atoms with van der Waals surface area (Å²) in [5, 5.41) is 2.84. The molecule has 4 rings (SSSR count). The van der Waals surface area contributed by atoms with Gasteiger partial charge in [0.1, 0.15) is 12.2 Å². The van der Waals surface area contributed by atoms with Gasteiger partial charge in [-0.2, -0.15) is 0 Å². The van der Waals surface area contributed by atoms with Gasteiger partial charge in [-0.15, -0.1) is 11.8 Å². The van der Waals surface area contributed by atoms with Gasteiger partial charge in [0, 0.05) is 23.6 Å². The number of anilines is 1. The van der Waals surface area contributed by atoms with E-state index in [-0.39, 0.29) is 18.4 Å². The van der Waals surface area contributed by atoms with Crippen LogP contribution in [0.5, 0.6) is 0 Å². The molecule has 1 N–H and O–H groups in total. The van der Waals surface area contributed by atoms with Gasteiger partial charge in [0.25, 0.3) is 0 Å². The first-order valence-electron chi connectivity index (χ1n) is 8.30. The summed E-state index contributed by atoms with van der Waals surface area (Å²) in [4.78, 5) is 29.9. The molecule has 0 unspecified atom stereocenters. The Kier molecular flexibility index (Phi) is 4.38. The third-order valence-electron chi connectivity index (χ3n) is 4.30. The molecule has 3 aromatic rings. The Labute approximate surface area is 155 Å². The van der Waals surface area contributed by atoms with Crippen LogP contribution < -0.4 is 5.32 Å². The zero-order chi connectivity index (χ0) is 18.1. The largest absolute Gasteiger partial charge is 0.325 e. The van der Waals surface area contributed by atoms with E-state index in [4.69, 9.17) is 0 Å². The third kappa shape index (κ3) is 3.30. The van der Waals surface area contributed by atoms with Crippen molar-refractivity contribution in [3.8, 4) is 11.3 Å². The van der Waals surface area contributed by atoms with Gasteiger partial charge < -0.3 is 14.6 Å². The van der Waals surface area contributed by atoms with Gasteiger partial charge in [0.15, 0.2) is 0 Å². The Bertz CT molecular complexity index is 981. The molecule has 0 atom stereocenters. The average Bonchev–Trinajstić information content (AvgIpc) is 3.23. The molecule has 26 heavy (non-hydrogen) atoms. The summed E-state index contributed by atoms with van der Waals surface area (Å²) in [7, 11) is 0. The molecule has 0 spiro atoms. The maximum absolute atomic E-state index is 12.1. The van der Waals surface area contributed by atoms with Gasteiger partial charge >= 0.3 is 0 Å². The van der Waals surface area contributed by atoms with Crippen LogP contribution in [-0.2, 0) is 9.59 Å². The van der Waals surface area contributed by atoms with Crippen LogP contribution in [0.3, 0.4) is 0 Å². The average molecular weight is 366 g/mol. The minimum absolute atomic E-state index is 0.0163. The van der Waals surface area contributed by atoms with E-state index in [1.807, 2.05) is 60.1 Å². The highest BCUT2D eigenvalue weighted by Gasteiger charge is 2.22. The van der Waals surface area contributed by atoms with Crippen molar-refractivity contribution in [3.05, 3.63) is 54.4 Å². The van der Waals surface area contributed by atoms with Gasteiger partial charge in [0.05, 0.1) is 17.3 Å². The number of carbonyl (C=O) groups excluding carboxylic acids is 2. The van der Waals surface area contributed by atoms with Crippen molar-refractivity contribution >= 4 is 34.9 Å². The first-order valence-corrected chi connectivity index (χ1v) is 9.46. The fourth-order valence-corrected chi connectivity index (χ4v) is 3.84. The van der Waals surface area contributed by atoms with Crippen LogP contribution >= 0.6 is 11.8 Å². The fourth-order valence-electron chi connectivity index (χ4n) is 2.93. The molecule has 1 aliphatic rings. The summed E-state index contributed by atoms with van der Waals surface area (Å²) in [6.45, 7) is 2.13. The van der Waals surface area contributed by atoms with Gasteiger partial charge in [-0.1, -0.05) is 18.2 Å². The van der Waals surface area contributed by atoms with E-state index in [1.54, 1.807) is 4.90 Å². The number of imidazole rings is 1. The minimum atomic E-state index is -0.183. The number of nitrogens with zero attached hydrogens (tertiary/aromatic N) is 3. The number of nitrogens with one attached hydrogen (secondary N) is 1. The Balaban J connectivity index is 1.46. The van der Waals surface area contributed by atoms with Crippen LogP contribution in [0.25, 0.3) is 16.9 Å². The first-order chi connectivity index (χ1) is 12.6. The molecule has 0 radical (unpaired) electrons. The second-order valence-corrected chi connectivity index (χ2v) is 7.20. The lowest BCUT2D eigenvalue weighted by Gasteiger charge is -2.14. The van der Waals surface area contributed by atoms with Crippen molar-refractivity contribution in [2.24, 2.45) is 0 Å². The minimum Gasteiger partial charge on any atom is -0.325 e. The molecule has 0 aliphatic carbocycles. The lowest BCUT2D eigenvalue weighted by Crippen LogP contribution is -2.34. The number of pyridine rings is 1. The quantitative estimate of drug-likeness (QED) is 0.771. The predicted molar refractivity (Wildman–Crippen MR) is 103 cm³/mol. The summed E-state index contributed by atoms with van der Waals surface area (Å²) >= 11 is 1.53. The summed E-state index contributed by atoms with van der Waals surface area (Å²) in [6, 6.07) is 11.6. The molecule has 7 heteroatoms. The van der Waals surface area contributed by atoms with Crippen LogP contribution in [-0.4, -0.2) is 44.3 Å². The van der Waals surface area contributed by atoms with Gasteiger partial charge in [-0.05, 0) is 30.7 Å². The van der Waals surface area contributed by atoms with Crippen LogP contribution in [0.2, 0.25) is 0 Å².